The van der Waals surface area contributed by atoms with Crippen LogP contribution in [0.4, 0.5) is 0 Å². The molecule has 0 saturated carbocycles. The lowest BCUT2D eigenvalue weighted by atomic mass is 10.4. The summed E-state index contributed by atoms with van der Waals surface area (Å²) in [6.07, 6.45) is 0.0896. The Balaban J connectivity index is 3.91. The number of hydrogen-bond acceptors (Lipinski definition) is 1. The van der Waals surface area contributed by atoms with E-state index >= 15 is 0 Å². The predicted molar refractivity (Wildman–Crippen MR) is 47.6 cm³/mol. The summed E-state index contributed by atoms with van der Waals surface area (Å²) in [5.74, 6) is 3.06. The van der Waals surface area contributed by atoms with Gasteiger partial charge >= 0.3 is 0 Å². The van der Waals surface area contributed by atoms with Crippen LogP contribution in [0.3, 0.4) is 0 Å². The van der Waals surface area contributed by atoms with Crippen molar-refractivity contribution in [1.82, 2.24) is 0 Å². The highest BCUT2D eigenvalue weighted by atomic mass is 28.3. The van der Waals surface area contributed by atoms with Crippen molar-refractivity contribution < 1.29 is 4.74 Å². The Bertz CT molecular complexity index is 147. The Morgan fingerprint density at radius 3 is 2.10 bits per heavy atom. The van der Waals surface area contributed by atoms with Gasteiger partial charge in [-0.25, -0.2) is 0 Å². The van der Waals surface area contributed by atoms with E-state index in [2.05, 4.69) is 31.1 Å². The summed E-state index contributed by atoms with van der Waals surface area (Å²) in [6, 6.07) is 0. The molecule has 0 saturated heterocycles. The van der Waals surface area contributed by atoms with E-state index in [0.29, 0.717) is 0 Å². The second kappa shape index (κ2) is 3.80. The normalized spacial score (nSPS) is 13.7. The minimum Gasteiger partial charge on any atom is -0.369 e. The number of hydrogen-bond donors (Lipinski definition) is 0. The fraction of sp³-hybridized carbons (Fsp3) is 0.750. The monoisotopic (exact) mass is 156 g/mol. The van der Waals surface area contributed by atoms with E-state index in [1.807, 2.05) is 6.92 Å². The van der Waals surface area contributed by atoms with E-state index in [0.717, 1.165) is 0 Å². The summed E-state index contributed by atoms with van der Waals surface area (Å²) in [5.41, 5.74) is 3.24. The van der Waals surface area contributed by atoms with Crippen LogP contribution in [0, 0.1) is 11.5 Å². The van der Waals surface area contributed by atoms with Crippen LogP contribution in [0.2, 0.25) is 19.6 Å². The van der Waals surface area contributed by atoms with E-state index in [1.54, 1.807) is 7.11 Å². The maximum atomic E-state index is 4.99. The molecule has 1 unspecified atom stereocenters. The Kier molecular flexibility index (Phi) is 3.70. The van der Waals surface area contributed by atoms with Crippen LogP contribution in [-0.2, 0) is 4.74 Å². The summed E-state index contributed by atoms with van der Waals surface area (Å²) in [7, 11) is 0.507. The molecule has 0 amide bonds. The smallest absolute Gasteiger partial charge is 0.129 e. The molecule has 0 spiro atoms. The highest BCUT2D eigenvalue weighted by Gasteiger charge is 2.07. The topological polar surface area (TPSA) is 9.23 Å². The van der Waals surface area contributed by atoms with E-state index in [1.165, 1.54) is 0 Å². The molecular formula is C8H16OSi. The summed E-state index contributed by atoms with van der Waals surface area (Å²) in [5, 5.41) is 0. The third-order valence-electron chi connectivity index (χ3n) is 1.00. The summed E-state index contributed by atoms with van der Waals surface area (Å²) < 4.78 is 4.99. The minimum atomic E-state index is -1.18. The molecule has 0 fully saturated rings. The van der Waals surface area contributed by atoms with Gasteiger partial charge in [0.25, 0.3) is 0 Å². The lowest BCUT2D eigenvalue weighted by molar-refractivity contribution is 0.163. The van der Waals surface area contributed by atoms with Gasteiger partial charge in [-0.15, -0.1) is 5.54 Å². The van der Waals surface area contributed by atoms with Crippen LogP contribution in [0.15, 0.2) is 0 Å². The first kappa shape index (κ1) is 9.74. The molecule has 0 aromatic heterocycles. The van der Waals surface area contributed by atoms with Gasteiger partial charge in [0.1, 0.15) is 14.2 Å². The molecule has 0 radical (unpaired) electrons. The zero-order chi connectivity index (χ0) is 8.20. The van der Waals surface area contributed by atoms with E-state index in [-0.39, 0.29) is 6.10 Å². The molecule has 0 aliphatic rings. The van der Waals surface area contributed by atoms with Crippen LogP contribution in [0.5, 0.6) is 0 Å². The molecule has 0 aliphatic carbocycles. The molecule has 2 heteroatoms. The lowest BCUT2D eigenvalue weighted by Gasteiger charge is -2.05. The van der Waals surface area contributed by atoms with Gasteiger partial charge in [-0.2, -0.15) is 0 Å². The van der Waals surface area contributed by atoms with Gasteiger partial charge in [0.15, 0.2) is 0 Å². The molecule has 10 heavy (non-hydrogen) atoms. The molecule has 0 N–H and O–H groups in total. The third-order valence-corrected chi connectivity index (χ3v) is 1.90. The molecular weight excluding hydrogens is 140 g/mol. The molecule has 0 bridgehead atoms. The second-order valence-corrected chi connectivity index (χ2v) is 8.15. The van der Waals surface area contributed by atoms with Gasteiger partial charge in [-0.3, -0.25) is 0 Å². The van der Waals surface area contributed by atoms with E-state index < -0.39 is 8.07 Å². The zero-order valence-corrected chi connectivity index (χ0v) is 8.49. The quantitative estimate of drug-likeness (QED) is 0.416. The SMILES string of the molecule is COC(C)C#C[Si](C)(C)C. The van der Waals surface area contributed by atoms with Crippen molar-refractivity contribution >= 4 is 8.07 Å². The van der Waals surface area contributed by atoms with Gasteiger partial charge in [-0.1, -0.05) is 25.6 Å². The Hall–Kier alpha value is -0.263. The van der Waals surface area contributed by atoms with Gasteiger partial charge < -0.3 is 4.74 Å². The van der Waals surface area contributed by atoms with Crippen molar-refractivity contribution in [2.45, 2.75) is 32.7 Å². The highest BCUT2D eigenvalue weighted by molar-refractivity contribution is 6.83. The first-order chi connectivity index (χ1) is 4.45. The minimum absolute atomic E-state index is 0.0896. The average molecular weight is 156 g/mol. The fourth-order valence-corrected chi connectivity index (χ4v) is 1.01. The number of methoxy groups -OCH3 is 1. The van der Waals surface area contributed by atoms with Crippen molar-refractivity contribution in [3.8, 4) is 11.5 Å². The number of rotatable bonds is 1. The molecule has 0 aliphatic heterocycles. The first-order valence-corrected chi connectivity index (χ1v) is 7.01. The Morgan fingerprint density at radius 2 is 1.80 bits per heavy atom. The molecule has 1 nitrogen and oxygen atoms in total. The Morgan fingerprint density at radius 1 is 1.30 bits per heavy atom. The van der Waals surface area contributed by atoms with Crippen LogP contribution < -0.4 is 0 Å². The van der Waals surface area contributed by atoms with Crippen molar-refractivity contribution in [2.75, 3.05) is 7.11 Å². The highest BCUT2D eigenvalue weighted by Crippen LogP contribution is 1.97. The maximum absolute atomic E-state index is 4.99. The predicted octanol–water partition coefficient (Wildman–Crippen LogP) is 1.90. The van der Waals surface area contributed by atoms with Gasteiger partial charge in [0.05, 0.1) is 0 Å². The van der Waals surface area contributed by atoms with E-state index in [9.17, 15) is 0 Å². The van der Waals surface area contributed by atoms with Crippen molar-refractivity contribution in [3.05, 3.63) is 0 Å². The molecule has 58 valence electrons. The van der Waals surface area contributed by atoms with Crippen LogP contribution in [0.25, 0.3) is 0 Å². The van der Waals surface area contributed by atoms with E-state index in [4.69, 9.17) is 4.74 Å². The third kappa shape index (κ3) is 5.87. The molecule has 0 rings (SSSR count). The van der Waals surface area contributed by atoms with Gasteiger partial charge in [-0.05, 0) is 6.92 Å². The molecule has 0 heterocycles. The molecule has 0 aromatic carbocycles. The standard InChI is InChI=1S/C8H16OSi/c1-8(9-2)6-7-10(3,4)5/h8H,1-5H3. The maximum Gasteiger partial charge on any atom is 0.129 e. The molecule has 0 aromatic rings. The lowest BCUT2D eigenvalue weighted by Crippen LogP contribution is -2.17. The first-order valence-electron chi connectivity index (χ1n) is 3.51. The average Bonchev–Trinajstić information content (AvgIpc) is 1.81. The zero-order valence-electron chi connectivity index (χ0n) is 7.49. The van der Waals surface area contributed by atoms with Gasteiger partial charge in [0, 0.05) is 7.11 Å². The largest absolute Gasteiger partial charge is 0.369 e. The summed E-state index contributed by atoms with van der Waals surface area (Å²) in [6.45, 7) is 8.64. The second-order valence-electron chi connectivity index (χ2n) is 3.40. The summed E-state index contributed by atoms with van der Waals surface area (Å²) in [4.78, 5) is 0. The van der Waals surface area contributed by atoms with Gasteiger partial charge in [0.2, 0.25) is 0 Å². The Labute approximate surface area is 64.8 Å². The van der Waals surface area contributed by atoms with Crippen molar-refractivity contribution in [3.63, 3.8) is 0 Å². The summed E-state index contributed by atoms with van der Waals surface area (Å²) >= 11 is 0. The fourth-order valence-electron chi connectivity index (χ4n) is 0.377. The van der Waals surface area contributed by atoms with Crippen LogP contribution in [0.1, 0.15) is 6.92 Å². The van der Waals surface area contributed by atoms with Crippen LogP contribution >= 0.6 is 0 Å². The number of ether oxygens (including phenoxy) is 1. The van der Waals surface area contributed by atoms with Crippen LogP contribution in [-0.4, -0.2) is 21.3 Å². The van der Waals surface area contributed by atoms with Crippen molar-refractivity contribution in [1.29, 1.82) is 0 Å². The van der Waals surface area contributed by atoms with Crippen molar-refractivity contribution in [2.24, 2.45) is 0 Å². The molecule has 1 atom stereocenters.